The molecule has 0 spiro atoms. The molecule has 0 aliphatic heterocycles. The summed E-state index contributed by atoms with van der Waals surface area (Å²) >= 11 is 1.53. The van der Waals surface area contributed by atoms with Crippen molar-refractivity contribution in [1.29, 1.82) is 0 Å². The molecule has 0 bridgehead atoms. The molecular formula is C13H21N3O4S. The highest BCUT2D eigenvalue weighted by Crippen LogP contribution is 2.12. The van der Waals surface area contributed by atoms with Gasteiger partial charge in [-0.15, -0.1) is 11.3 Å². The molecule has 1 aromatic rings. The van der Waals surface area contributed by atoms with Crippen LogP contribution in [-0.4, -0.2) is 41.8 Å². The van der Waals surface area contributed by atoms with Crippen molar-refractivity contribution in [2.45, 2.75) is 38.8 Å². The van der Waals surface area contributed by atoms with Gasteiger partial charge in [0.2, 0.25) is 0 Å². The molecule has 1 unspecified atom stereocenters. The number of carbonyl (C=O) groups excluding carboxylic acids is 1. The second-order valence-electron chi connectivity index (χ2n) is 4.43. The summed E-state index contributed by atoms with van der Waals surface area (Å²) in [7, 11) is 1.55. The predicted molar refractivity (Wildman–Crippen MR) is 79.4 cm³/mol. The molecule has 0 saturated carbocycles. The number of carbonyl (C=O) groups is 2. The van der Waals surface area contributed by atoms with E-state index in [1.54, 1.807) is 13.3 Å². The van der Waals surface area contributed by atoms with Gasteiger partial charge in [0.05, 0.1) is 6.54 Å². The number of hydrogen-bond acceptors (Lipinski definition) is 5. The molecule has 0 aliphatic carbocycles. The monoisotopic (exact) mass is 315 g/mol. The first kappa shape index (κ1) is 17.4. The molecule has 0 radical (unpaired) electrons. The lowest BCUT2D eigenvalue weighted by molar-refractivity contribution is -0.139. The molecule has 0 fully saturated rings. The van der Waals surface area contributed by atoms with Crippen LogP contribution in [0.3, 0.4) is 0 Å². The molecule has 1 rings (SSSR count). The zero-order chi connectivity index (χ0) is 15.7. The average Bonchev–Trinajstić information content (AvgIpc) is 2.92. The number of methoxy groups -OCH3 is 1. The first-order valence-corrected chi connectivity index (χ1v) is 7.58. The summed E-state index contributed by atoms with van der Waals surface area (Å²) < 4.78 is 4.87. The number of amides is 2. The number of thiazole rings is 1. The van der Waals surface area contributed by atoms with Crippen LogP contribution in [0.25, 0.3) is 0 Å². The van der Waals surface area contributed by atoms with Gasteiger partial charge in [0, 0.05) is 24.8 Å². The van der Waals surface area contributed by atoms with Crippen LogP contribution in [0, 0.1) is 0 Å². The third-order valence-electron chi connectivity index (χ3n) is 2.79. The number of aromatic nitrogens is 1. The number of aliphatic carboxylic acids is 1. The maximum absolute atomic E-state index is 11.7. The first-order valence-electron chi connectivity index (χ1n) is 6.76. The van der Waals surface area contributed by atoms with Crippen LogP contribution in [0.15, 0.2) is 6.20 Å². The standard InChI is InChI=1S/C13H21N3O4S/c1-3-9-7-14-11(21-9)8-15-13(19)16-10(12(17)18)5-4-6-20-2/h7,10H,3-6,8H2,1-2H3,(H,17,18)(H2,15,16,19). The quantitative estimate of drug-likeness (QED) is 0.598. The van der Waals surface area contributed by atoms with Crippen LogP contribution >= 0.6 is 11.3 Å². The molecule has 0 saturated heterocycles. The van der Waals surface area contributed by atoms with Gasteiger partial charge in [-0.2, -0.15) is 0 Å². The van der Waals surface area contributed by atoms with E-state index in [2.05, 4.69) is 15.6 Å². The third kappa shape index (κ3) is 6.54. The Hall–Kier alpha value is -1.67. The van der Waals surface area contributed by atoms with Crippen LogP contribution in [0.2, 0.25) is 0 Å². The summed E-state index contributed by atoms with van der Waals surface area (Å²) in [6.07, 6.45) is 3.59. The van der Waals surface area contributed by atoms with E-state index in [1.807, 2.05) is 6.92 Å². The van der Waals surface area contributed by atoms with Crippen molar-refractivity contribution in [2.24, 2.45) is 0 Å². The van der Waals surface area contributed by atoms with E-state index in [1.165, 1.54) is 11.3 Å². The van der Waals surface area contributed by atoms with Crippen LogP contribution in [0.5, 0.6) is 0 Å². The number of nitrogens with one attached hydrogen (secondary N) is 2. The summed E-state index contributed by atoms with van der Waals surface area (Å²) in [6.45, 7) is 2.79. The fourth-order valence-electron chi connectivity index (χ4n) is 1.65. The molecular weight excluding hydrogens is 294 g/mol. The molecule has 0 aliphatic rings. The van der Waals surface area contributed by atoms with Gasteiger partial charge < -0.3 is 20.5 Å². The van der Waals surface area contributed by atoms with Crippen molar-refractivity contribution in [3.63, 3.8) is 0 Å². The Morgan fingerprint density at radius 1 is 1.52 bits per heavy atom. The van der Waals surface area contributed by atoms with Gasteiger partial charge in [-0.25, -0.2) is 14.6 Å². The largest absolute Gasteiger partial charge is 0.480 e. The molecule has 118 valence electrons. The lowest BCUT2D eigenvalue weighted by Crippen LogP contribution is -2.45. The van der Waals surface area contributed by atoms with Crippen molar-refractivity contribution >= 4 is 23.3 Å². The number of carboxylic acid groups (broad SMARTS) is 1. The fourth-order valence-corrected chi connectivity index (χ4v) is 2.45. The maximum atomic E-state index is 11.7. The van der Waals surface area contributed by atoms with E-state index in [9.17, 15) is 9.59 Å². The number of urea groups is 1. The lowest BCUT2D eigenvalue weighted by atomic mass is 10.1. The highest BCUT2D eigenvalue weighted by molar-refractivity contribution is 7.11. The van der Waals surface area contributed by atoms with Crippen LogP contribution < -0.4 is 10.6 Å². The number of nitrogens with zero attached hydrogens (tertiary/aromatic N) is 1. The van der Waals surface area contributed by atoms with Crippen molar-refractivity contribution in [2.75, 3.05) is 13.7 Å². The zero-order valence-electron chi connectivity index (χ0n) is 12.2. The maximum Gasteiger partial charge on any atom is 0.326 e. The molecule has 1 atom stereocenters. The van der Waals surface area contributed by atoms with Gasteiger partial charge in [-0.3, -0.25) is 0 Å². The minimum atomic E-state index is -1.05. The van der Waals surface area contributed by atoms with E-state index in [0.29, 0.717) is 26.0 Å². The molecule has 21 heavy (non-hydrogen) atoms. The molecule has 8 heteroatoms. The van der Waals surface area contributed by atoms with Crippen LogP contribution in [0.4, 0.5) is 4.79 Å². The smallest absolute Gasteiger partial charge is 0.326 e. The minimum Gasteiger partial charge on any atom is -0.480 e. The Bertz CT molecular complexity index is 464. The molecule has 7 nitrogen and oxygen atoms in total. The molecule has 3 N–H and O–H groups in total. The Kier molecular flexibility index (Phi) is 7.70. The summed E-state index contributed by atoms with van der Waals surface area (Å²) in [5.74, 6) is -1.05. The highest BCUT2D eigenvalue weighted by atomic mass is 32.1. The topological polar surface area (TPSA) is 101 Å². The van der Waals surface area contributed by atoms with Crippen molar-refractivity contribution < 1.29 is 19.4 Å². The Balaban J connectivity index is 2.37. The second kappa shape index (κ2) is 9.30. The average molecular weight is 315 g/mol. The molecule has 1 heterocycles. The number of ether oxygens (including phenoxy) is 1. The van der Waals surface area contributed by atoms with Crippen molar-refractivity contribution in [3.8, 4) is 0 Å². The summed E-state index contributed by atoms with van der Waals surface area (Å²) in [4.78, 5) is 28.1. The van der Waals surface area contributed by atoms with E-state index in [4.69, 9.17) is 9.84 Å². The summed E-state index contributed by atoms with van der Waals surface area (Å²) in [6, 6.07) is -1.42. The number of carboxylic acids is 1. The second-order valence-corrected chi connectivity index (χ2v) is 5.63. The minimum absolute atomic E-state index is 0.293. The molecule has 1 aromatic heterocycles. The van der Waals surface area contributed by atoms with E-state index in [-0.39, 0.29) is 0 Å². The number of hydrogen-bond donors (Lipinski definition) is 3. The van der Waals surface area contributed by atoms with Gasteiger partial charge in [-0.05, 0) is 19.3 Å². The Morgan fingerprint density at radius 3 is 2.86 bits per heavy atom. The number of aryl methyl sites for hydroxylation is 1. The van der Waals surface area contributed by atoms with Crippen molar-refractivity contribution in [1.82, 2.24) is 15.6 Å². The van der Waals surface area contributed by atoms with Gasteiger partial charge in [-0.1, -0.05) is 6.92 Å². The predicted octanol–water partition coefficient (Wildman–Crippen LogP) is 1.38. The fraction of sp³-hybridized carbons (Fsp3) is 0.615. The molecule has 0 aromatic carbocycles. The van der Waals surface area contributed by atoms with E-state index >= 15 is 0 Å². The SMILES string of the molecule is CCc1cnc(CNC(=O)NC(CCCOC)C(=O)O)s1. The summed E-state index contributed by atoms with van der Waals surface area (Å²) in [5, 5.41) is 14.9. The van der Waals surface area contributed by atoms with Crippen LogP contribution in [-0.2, 0) is 22.5 Å². The summed E-state index contributed by atoms with van der Waals surface area (Å²) in [5.41, 5.74) is 0. The lowest BCUT2D eigenvalue weighted by Gasteiger charge is -2.14. The molecule has 2 amide bonds. The van der Waals surface area contributed by atoms with Gasteiger partial charge in [0.15, 0.2) is 0 Å². The first-order chi connectivity index (χ1) is 10.1. The van der Waals surface area contributed by atoms with Gasteiger partial charge in [0.1, 0.15) is 11.0 Å². The van der Waals surface area contributed by atoms with Crippen LogP contribution in [0.1, 0.15) is 29.7 Å². The van der Waals surface area contributed by atoms with E-state index < -0.39 is 18.0 Å². The Labute approximate surface area is 127 Å². The highest BCUT2D eigenvalue weighted by Gasteiger charge is 2.19. The van der Waals surface area contributed by atoms with Crippen molar-refractivity contribution in [3.05, 3.63) is 16.1 Å². The van der Waals surface area contributed by atoms with E-state index in [0.717, 1.165) is 16.3 Å². The van der Waals surface area contributed by atoms with Gasteiger partial charge in [0.25, 0.3) is 0 Å². The normalized spacial score (nSPS) is 11.9. The third-order valence-corrected chi connectivity index (χ3v) is 3.94. The Morgan fingerprint density at radius 2 is 2.29 bits per heavy atom. The zero-order valence-corrected chi connectivity index (χ0v) is 13.0. The van der Waals surface area contributed by atoms with Gasteiger partial charge >= 0.3 is 12.0 Å². The number of rotatable bonds is 9.